The fourth-order valence-electron chi connectivity index (χ4n) is 2.94. The summed E-state index contributed by atoms with van der Waals surface area (Å²) >= 11 is 7.92. The lowest BCUT2D eigenvalue weighted by molar-refractivity contribution is -0.0508. The number of thiophene rings is 1. The van der Waals surface area contributed by atoms with Crippen LogP contribution in [0.25, 0.3) is 21.6 Å². The van der Waals surface area contributed by atoms with E-state index in [1.807, 2.05) is 17.5 Å². The van der Waals surface area contributed by atoms with Gasteiger partial charge >= 0.3 is 0 Å². The van der Waals surface area contributed by atoms with E-state index >= 15 is 0 Å². The minimum atomic E-state index is -1.20. The van der Waals surface area contributed by atoms with Crippen LogP contribution in [-0.2, 0) is 4.74 Å². The van der Waals surface area contributed by atoms with Gasteiger partial charge in [0.1, 0.15) is 30.3 Å². The second-order valence-electron chi connectivity index (χ2n) is 5.51. The molecule has 1 aliphatic heterocycles. The molecule has 0 bridgehead atoms. The van der Waals surface area contributed by atoms with Crippen molar-refractivity contribution < 1.29 is 20.1 Å². The number of hydrogen-bond donors (Lipinski definition) is 3. The first kappa shape index (κ1) is 15.9. The number of hydrogen-bond acceptors (Lipinski definition) is 7. The van der Waals surface area contributed by atoms with Crippen LogP contribution in [-0.4, -0.2) is 54.8 Å². The van der Waals surface area contributed by atoms with Crippen LogP contribution < -0.4 is 0 Å². The summed E-state index contributed by atoms with van der Waals surface area (Å²) in [7, 11) is 0. The average molecular weight is 368 g/mol. The molecule has 4 rings (SSSR count). The molecular formula is C15H14ClN3O4S. The molecular weight excluding hydrogens is 354 g/mol. The highest BCUT2D eigenvalue weighted by Crippen LogP contribution is 2.38. The molecule has 0 amide bonds. The molecule has 3 aromatic rings. The van der Waals surface area contributed by atoms with Crippen LogP contribution in [0.3, 0.4) is 0 Å². The van der Waals surface area contributed by atoms with Crippen molar-refractivity contribution in [3.8, 4) is 10.6 Å². The minimum Gasteiger partial charge on any atom is -0.394 e. The summed E-state index contributed by atoms with van der Waals surface area (Å²) in [6.07, 6.45) is -1.12. The van der Waals surface area contributed by atoms with E-state index in [2.05, 4.69) is 9.97 Å². The zero-order valence-electron chi connectivity index (χ0n) is 12.3. The molecule has 9 heteroatoms. The summed E-state index contributed by atoms with van der Waals surface area (Å²) in [4.78, 5) is 9.54. The highest BCUT2D eigenvalue weighted by Gasteiger charge is 2.44. The summed E-state index contributed by atoms with van der Waals surface area (Å²) in [6, 6.07) is 3.86. The lowest BCUT2D eigenvalue weighted by Gasteiger charge is -2.17. The SMILES string of the molecule is OCC1O[C@@H](n2cc(Cl)c3c(-c4cccs4)ncnc32)[C@@H](O)[C@H]1O. The lowest BCUT2D eigenvalue weighted by Crippen LogP contribution is -2.33. The van der Waals surface area contributed by atoms with Gasteiger partial charge in [0.25, 0.3) is 0 Å². The molecule has 1 saturated heterocycles. The van der Waals surface area contributed by atoms with E-state index in [0.29, 0.717) is 21.7 Å². The number of halogens is 1. The van der Waals surface area contributed by atoms with E-state index in [1.165, 1.54) is 17.7 Å². The third-order valence-electron chi connectivity index (χ3n) is 4.11. The lowest BCUT2D eigenvalue weighted by atomic mass is 10.1. The molecule has 4 heterocycles. The molecule has 4 atom stereocenters. The number of aliphatic hydroxyl groups excluding tert-OH is 3. The Morgan fingerprint density at radius 3 is 2.79 bits per heavy atom. The second-order valence-corrected chi connectivity index (χ2v) is 6.87. The third kappa shape index (κ3) is 2.34. The Morgan fingerprint density at radius 2 is 2.12 bits per heavy atom. The van der Waals surface area contributed by atoms with Crippen LogP contribution in [0.2, 0.25) is 5.02 Å². The first-order chi connectivity index (χ1) is 11.6. The predicted molar refractivity (Wildman–Crippen MR) is 88.9 cm³/mol. The monoisotopic (exact) mass is 367 g/mol. The molecule has 126 valence electrons. The molecule has 3 aromatic heterocycles. The standard InChI is InChI=1S/C15H14ClN3O4S/c16-7-4-19(15-13(22)12(21)8(5-20)23-15)14-10(7)11(17-6-18-14)9-2-1-3-24-9/h1-4,6,8,12-13,15,20-22H,5H2/t8?,12-,13-,15+/m0/s1. The van der Waals surface area contributed by atoms with Crippen LogP contribution in [0.5, 0.6) is 0 Å². The smallest absolute Gasteiger partial charge is 0.164 e. The number of aromatic nitrogens is 3. The molecule has 3 N–H and O–H groups in total. The zero-order chi connectivity index (χ0) is 16.8. The molecule has 0 aromatic carbocycles. The molecule has 0 radical (unpaired) electrons. The maximum atomic E-state index is 10.2. The van der Waals surface area contributed by atoms with Crippen LogP contribution >= 0.6 is 22.9 Å². The first-order valence-corrected chi connectivity index (χ1v) is 8.55. The van der Waals surface area contributed by atoms with Crippen molar-refractivity contribution in [2.24, 2.45) is 0 Å². The molecule has 0 spiro atoms. The van der Waals surface area contributed by atoms with Crippen molar-refractivity contribution in [2.75, 3.05) is 6.61 Å². The van der Waals surface area contributed by atoms with Crippen LogP contribution in [0.4, 0.5) is 0 Å². The van der Waals surface area contributed by atoms with E-state index in [-0.39, 0.29) is 0 Å². The Balaban J connectivity index is 1.86. The van der Waals surface area contributed by atoms with Crippen molar-refractivity contribution in [2.45, 2.75) is 24.5 Å². The van der Waals surface area contributed by atoms with E-state index in [0.717, 1.165) is 4.88 Å². The number of fused-ring (bicyclic) bond motifs is 1. The summed E-state index contributed by atoms with van der Waals surface area (Å²) in [5.41, 5.74) is 1.19. The first-order valence-electron chi connectivity index (χ1n) is 7.29. The van der Waals surface area contributed by atoms with Gasteiger partial charge in [-0.25, -0.2) is 9.97 Å². The quantitative estimate of drug-likeness (QED) is 0.647. The van der Waals surface area contributed by atoms with Gasteiger partial charge in [0.2, 0.25) is 0 Å². The van der Waals surface area contributed by atoms with Gasteiger partial charge in [0.05, 0.1) is 27.6 Å². The molecule has 0 aliphatic carbocycles. The predicted octanol–water partition coefficient (Wildman–Crippen LogP) is 1.42. The van der Waals surface area contributed by atoms with Gasteiger partial charge in [-0.1, -0.05) is 17.7 Å². The van der Waals surface area contributed by atoms with E-state index in [4.69, 9.17) is 16.3 Å². The van der Waals surface area contributed by atoms with Crippen molar-refractivity contribution in [1.82, 2.24) is 14.5 Å². The molecule has 7 nitrogen and oxygen atoms in total. The Hall–Kier alpha value is -1.55. The second kappa shape index (κ2) is 6.07. The molecule has 1 aliphatic rings. The van der Waals surface area contributed by atoms with Gasteiger partial charge in [-0.2, -0.15) is 0 Å². The number of ether oxygens (including phenoxy) is 1. The number of rotatable bonds is 3. The van der Waals surface area contributed by atoms with Gasteiger partial charge in [-0.3, -0.25) is 0 Å². The summed E-state index contributed by atoms with van der Waals surface area (Å²) in [6.45, 7) is -0.392. The van der Waals surface area contributed by atoms with Crippen LogP contribution in [0.1, 0.15) is 6.23 Å². The topological polar surface area (TPSA) is 101 Å². The van der Waals surface area contributed by atoms with Gasteiger partial charge in [0.15, 0.2) is 6.23 Å². The average Bonchev–Trinajstić information content (AvgIpc) is 3.29. The van der Waals surface area contributed by atoms with E-state index in [1.54, 1.807) is 10.8 Å². The third-order valence-corrected chi connectivity index (χ3v) is 5.27. The maximum absolute atomic E-state index is 10.2. The molecule has 1 fully saturated rings. The minimum absolute atomic E-state index is 0.392. The van der Waals surface area contributed by atoms with Crippen LogP contribution in [0, 0.1) is 0 Å². The fraction of sp³-hybridized carbons (Fsp3) is 0.333. The van der Waals surface area contributed by atoms with E-state index < -0.39 is 31.1 Å². The highest BCUT2D eigenvalue weighted by atomic mass is 35.5. The van der Waals surface area contributed by atoms with Gasteiger partial charge in [0, 0.05) is 6.20 Å². The van der Waals surface area contributed by atoms with Crippen molar-refractivity contribution in [3.05, 3.63) is 35.1 Å². The Labute approximate surface area is 145 Å². The highest BCUT2D eigenvalue weighted by molar-refractivity contribution is 7.13. The van der Waals surface area contributed by atoms with E-state index in [9.17, 15) is 15.3 Å². The Bertz CT molecular complexity index is 869. The molecule has 1 unspecified atom stereocenters. The Kier molecular flexibility index (Phi) is 4.03. The van der Waals surface area contributed by atoms with Gasteiger partial charge in [-0.15, -0.1) is 11.3 Å². The maximum Gasteiger partial charge on any atom is 0.164 e. The Morgan fingerprint density at radius 1 is 1.29 bits per heavy atom. The largest absolute Gasteiger partial charge is 0.394 e. The fourth-order valence-corrected chi connectivity index (χ4v) is 3.95. The number of aliphatic hydroxyl groups is 3. The van der Waals surface area contributed by atoms with Crippen molar-refractivity contribution in [1.29, 1.82) is 0 Å². The zero-order valence-corrected chi connectivity index (χ0v) is 13.9. The number of nitrogens with zero attached hydrogens (tertiary/aromatic N) is 3. The van der Waals surface area contributed by atoms with Crippen molar-refractivity contribution >= 4 is 34.0 Å². The van der Waals surface area contributed by atoms with Gasteiger partial charge in [-0.05, 0) is 11.4 Å². The van der Waals surface area contributed by atoms with Gasteiger partial charge < -0.3 is 24.6 Å². The summed E-state index contributed by atoms with van der Waals surface area (Å²) in [5.74, 6) is 0. The summed E-state index contributed by atoms with van der Waals surface area (Å²) in [5, 5.41) is 32.5. The summed E-state index contributed by atoms with van der Waals surface area (Å²) < 4.78 is 7.14. The van der Waals surface area contributed by atoms with Crippen LogP contribution in [0.15, 0.2) is 30.0 Å². The van der Waals surface area contributed by atoms with Crippen molar-refractivity contribution in [3.63, 3.8) is 0 Å². The molecule has 0 saturated carbocycles. The molecule has 24 heavy (non-hydrogen) atoms. The normalized spacial score (nSPS) is 27.2.